The Kier molecular flexibility index (Phi) is 7.31. The van der Waals surface area contributed by atoms with Gasteiger partial charge in [-0.2, -0.15) is 8.42 Å². The van der Waals surface area contributed by atoms with Crippen LogP contribution in [0.5, 0.6) is 5.75 Å². The van der Waals surface area contributed by atoms with Gasteiger partial charge in [0, 0.05) is 15.7 Å². The SMILES string of the molecule is Cc1ccc(S(=O)(=O)Oc2ccc([N+](=O)[O-])cc2)cc1.Ic1ccccc1. The number of nitro benzene ring substituents is 1. The highest BCUT2D eigenvalue weighted by atomic mass is 127. The molecule has 0 saturated heterocycles. The maximum absolute atomic E-state index is 12.0. The minimum Gasteiger partial charge on any atom is -0.379 e. The summed E-state index contributed by atoms with van der Waals surface area (Å²) in [5.41, 5.74) is 0.796. The second-order valence-corrected chi connectivity index (χ2v) is 8.19. The van der Waals surface area contributed by atoms with Crippen LogP contribution in [0, 0.1) is 20.6 Å². The van der Waals surface area contributed by atoms with Crippen molar-refractivity contribution in [3.05, 3.63) is 98.1 Å². The summed E-state index contributed by atoms with van der Waals surface area (Å²) in [7, 11) is -3.93. The Labute approximate surface area is 171 Å². The van der Waals surface area contributed by atoms with E-state index in [1.807, 2.05) is 25.1 Å². The fourth-order valence-corrected chi connectivity index (χ4v) is 3.26. The molecule has 0 saturated carbocycles. The van der Waals surface area contributed by atoms with E-state index in [9.17, 15) is 18.5 Å². The fraction of sp³-hybridized carbons (Fsp3) is 0.0526. The molecule has 0 fully saturated rings. The summed E-state index contributed by atoms with van der Waals surface area (Å²) >= 11 is 2.28. The van der Waals surface area contributed by atoms with Crippen molar-refractivity contribution in [2.75, 3.05) is 0 Å². The van der Waals surface area contributed by atoms with Gasteiger partial charge in [0.25, 0.3) is 5.69 Å². The molecular weight excluding hydrogens is 481 g/mol. The smallest absolute Gasteiger partial charge is 0.339 e. The van der Waals surface area contributed by atoms with E-state index in [-0.39, 0.29) is 16.3 Å². The Morgan fingerprint density at radius 2 is 1.44 bits per heavy atom. The first-order chi connectivity index (χ1) is 12.8. The largest absolute Gasteiger partial charge is 0.379 e. The summed E-state index contributed by atoms with van der Waals surface area (Å²) in [6.45, 7) is 1.84. The Morgan fingerprint density at radius 3 is 1.89 bits per heavy atom. The first kappa shape index (κ1) is 20.8. The third kappa shape index (κ3) is 6.65. The number of aryl methyl sites for hydroxylation is 1. The molecule has 3 aromatic carbocycles. The van der Waals surface area contributed by atoms with Gasteiger partial charge in [-0.05, 0) is 65.9 Å². The summed E-state index contributed by atoms with van der Waals surface area (Å²) in [4.78, 5) is 9.96. The van der Waals surface area contributed by atoms with Crippen LogP contribution in [0.1, 0.15) is 5.56 Å². The quantitative estimate of drug-likeness (QED) is 0.220. The molecule has 0 heterocycles. The fourth-order valence-electron chi connectivity index (χ4n) is 1.92. The van der Waals surface area contributed by atoms with Crippen molar-refractivity contribution < 1.29 is 17.5 Å². The predicted octanol–water partition coefficient (Wildman–Crippen LogP) is 4.96. The van der Waals surface area contributed by atoms with E-state index < -0.39 is 15.0 Å². The Hall–Kier alpha value is -2.46. The van der Waals surface area contributed by atoms with Gasteiger partial charge in [0.15, 0.2) is 0 Å². The monoisotopic (exact) mass is 497 g/mol. The van der Waals surface area contributed by atoms with Crippen LogP contribution < -0.4 is 4.18 Å². The van der Waals surface area contributed by atoms with Crippen LogP contribution in [0.3, 0.4) is 0 Å². The maximum Gasteiger partial charge on any atom is 0.339 e. The van der Waals surface area contributed by atoms with E-state index in [0.717, 1.165) is 5.56 Å². The van der Waals surface area contributed by atoms with Gasteiger partial charge < -0.3 is 4.18 Å². The number of halogens is 1. The highest BCUT2D eigenvalue weighted by molar-refractivity contribution is 14.1. The van der Waals surface area contributed by atoms with Crippen LogP contribution in [0.15, 0.2) is 83.8 Å². The molecule has 27 heavy (non-hydrogen) atoms. The Balaban J connectivity index is 0.000000313. The highest BCUT2D eigenvalue weighted by Gasteiger charge is 2.16. The molecule has 0 bridgehead atoms. The normalized spacial score (nSPS) is 10.4. The molecule has 0 amide bonds. The number of benzene rings is 3. The molecule has 0 N–H and O–H groups in total. The van der Waals surface area contributed by atoms with Gasteiger partial charge in [-0.25, -0.2) is 0 Å². The minimum absolute atomic E-state index is 0.0242. The van der Waals surface area contributed by atoms with Gasteiger partial charge in [0.05, 0.1) is 4.92 Å². The van der Waals surface area contributed by atoms with Crippen molar-refractivity contribution in [1.82, 2.24) is 0 Å². The number of hydrogen-bond donors (Lipinski definition) is 0. The lowest BCUT2D eigenvalue weighted by Crippen LogP contribution is -2.09. The third-order valence-electron chi connectivity index (χ3n) is 3.30. The standard InChI is InChI=1S/C13H11NO5S.C6H5I/c1-10-2-8-13(9-3-10)20(17,18)19-12-6-4-11(5-7-12)14(15)16;7-6-4-2-1-3-5-6/h2-9H,1H3;1-5H. The molecule has 3 aromatic rings. The maximum atomic E-state index is 12.0. The van der Waals surface area contributed by atoms with Gasteiger partial charge in [-0.15, -0.1) is 0 Å². The molecule has 140 valence electrons. The zero-order valence-electron chi connectivity index (χ0n) is 14.3. The number of non-ortho nitro benzene ring substituents is 1. The summed E-state index contributed by atoms with van der Waals surface area (Å²) in [6, 6.07) is 21.3. The molecule has 0 unspecified atom stereocenters. The molecule has 3 rings (SSSR count). The molecule has 0 spiro atoms. The molecule has 0 aliphatic rings. The molecule has 0 aliphatic heterocycles. The first-order valence-electron chi connectivity index (χ1n) is 7.74. The van der Waals surface area contributed by atoms with Gasteiger partial charge in [0.1, 0.15) is 10.6 Å². The van der Waals surface area contributed by atoms with Crippen LogP contribution in [-0.2, 0) is 10.1 Å². The van der Waals surface area contributed by atoms with E-state index >= 15 is 0 Å². The van der Waals surface area contributed by atoms with Crippen molar-refractivity contribution in [2.24, 2.45) is 0 Å². The second kappa shape index (κ2) is 9.47. The van der Waals surface area contributed by atoms with E-state index in [0.29, 0.717) is 0 Å². The van der Waals surface area contributed by atoms with Crippen molar-refractivity contribution in [1.29, 1.82) is 0 Å². The molecule has 0 radical (unpaired) electrons. The summed E-state index contributed by atoms with van der Waals surface area (Å²) in [5, 5.41) is 10.5. The average molecular weight is 497 g/mol. The van der Waals surface area contributed by atoms with Crippen LogP contribution in [0.2, 0.25) is 0 Å². The van der Waals surface area contributed by atoms with Crippen LogP contribution in [-0.4, -0.2) is 13.3 Å². The topological polar surface area (TPSA) is 86.5 Å². The van der Waals surface area contributed by atoms with E-state index in [1.165, 1.54) is 40.0 Å². The van der Waals surface area contributed by atoms with Gasteiger partial charge in [-0.3, -0.25) is 10.1 Å². The molecule has 8 heteroatoms. The van der Waals surface area contributed by atoms with Crippen molar-refractivity contribution >= 4 is 38.4 Å². The van der Waals surface area contributed by atoms with E-state index in [1.54, 1.807) is 12.1 Å². The van der Waals surface area contributed by atoms with Gasteiger partial charge >= 0.3 is 10.1 Å². The van der Waals surface area contributed by atoms with Gasteiger partial charge in [-0.1, -0.05) is 35.9 Å². The predicted molar refractivity (Wildman–Crippen MR) is 111 cm³/mol. The summed E-state index contributed by atoms with van der Waals surface area (Å²) < 4.78 is 30.2. The van der Waals surface area contributed by atoms with Crippen molar-refractivity contribution in [3.63, 3.8) is 0 Å². The summed E-state index contributed by atoms with van der Waals surface area (Å²) in [5.74, 6) is 0.0242. The number of nitro groups is 1. The number of nitrogens with zero attached hydrogens (tertiary/aromatic N) is 1. The molecule has 0 aliphatic carbocycles. The lowest BCUT2D eigenvalue weighted by Gasteiger charge is -2.06. The van der Waals surface area contributed by atoms with Crippen LogP contribution in [0.25, 0.3) is 0 Å². The lowest BCUT2D eigenvalue weighted by atomic mass is 10.2. The van der Waals surface area contributed by atoms with Crippen molar-refractivity contribution in [3.8, 4) is 5.75 Å². The number of hydrogen-bond acceptors (Lipinski definition) is 5. The summed E-state index contributed by atoms with van der Waals surface area (Å²) in [6.07, 6.45) is 0. The zero-order chi connectivity index (χ0) is 19.9. The highest BCUT2D eigenvalue weighted by Crippen LogP contribution is 2.21. The molecule has 0 aromatic heterocycles. The molecule has 6 nitrogen and oxygen atoms in total. The second-order valence-electron chi connectivity index (χ2n) is 5.40. The average Bonchev–Trinajstić information content (AvgIpc) is 2.63. The molecular formula is C19H16INO5S. The lowest BCUT2D eigenvalue weighted by molar-refractivity contribution is -0.384. The van der Waals surface area contributed by atoms with Crippen LogP contribution in [0.4, 0.5) is 5.69 Å². The minimum atomic E-state index is -3.93. The zero-order valence-corrected chi connectivity index (χ0v) is 17.3. The van der Waals surface area contributed by atoms with Crippen molar-refractivity contribution in [2.45, 2.75) is 11.8 Å². The van der Waals surface area contributed by atoms with E-state index in [2.05, 4.69) is 34.7 Å². The Morgan fingerprint density at radius 1 is 0.889 bits per heavy atom. The Bertz CT molecular complexity index is 989. The molecule has 0 atom stereocenters. The van der Waals surface area contributed by atoms with E-state index in [4.69, 9.17) is 4.18 Å². The third-order valence-corrected chi connectivity index (χ3v) is 5.28. The van der Waals surface area contributed by atoms with Crippen LogP contribution >= 0.6 is 22.6 Å². The first-order valence-corrected chi connectivity index (χ1v) is 10.2. The number of rotatable bonds is 4. The van der Waals surface area contributed by atoms with Gasteiger partial charge in [0.2, 0.25) is 0 Å².